The van der Waals surface area contributed by atoms with E-state index < -0.39 is 0 Å². The summed E-state index contributed by atoms with van der Waals surface area (Å²) in [6, 6.07) is 7.90. The van der Waals surface area contributed by atoms with Crippen molar-refractivity contribution in [2.45, 2.75) is 26.8 Å². The van der Waals surface area contributed by atoms with E-state index in [1.54, 1.807) is 0 Å². The van der Waals surface area contributed by atoms with Crippen LogP contribution in [0.25, 0.3) is 5.69 Å². The first kappa shape index (κ1) is 16.2. The number of aryl methyl sites for hydroxylation is 1. The van der Waals surface area contributed by atoms with Crippen molar-refractivity contribution in [2.75, 3.05) is 19.6 Å². The van der Waals surface area contributed by atoms with Gasteiger partial charge in [-0.1, -0.05) is 0 Å². The van der Waals surface area contributed by atoms with Crippen LogP contribution in [-0.2, 0) is 0 Å². The second-order valence-corrected chi connectivity index (χ2v) is 6.79. The molecule has 1 aliphatic rings. The van der Waals surface area contributed by atoms with E-state index in [-0.39, 0.29) is 11.9 Å². The fourth-order valence-corrected chi connectivity index (χ4v) is 3.18. The first-order valence-corrected chi connectivity index (χ1v) is 8.62. The lowest BCUT2D eigenvalue weighted by atomic mass is 10.1. The van der Waals surface area contributed by atoms with Crippen LogP contribution in [0, 0.1) is 13.8 Å². The summed E-state index contributed by atoms with van der Waals surface area (Å²) in [5, 5.41) is 7.83. The van der Waals surface area contributed by atoms with Crippen molar-refractivity contribution in [3.8, 4) is 5.69 Å². The van der Waals surface area contributed by atoms with Crippen LogP contribution in [0.4, 0.5) is 0 Å². The number of aromatic nitrogens is 2. The standard InChI is InChI=1S/C17H21BrN4O/c1-11-10-19-8-9-21(11)17(23)14-4-6-15(7-5-14)22-13(3)16(18)12(2)20-22/h4-7,11,19H,8-10H2,1-3H3. The average molecular weight is 377 g/mol. The molecule has 0 bridgehead atoms. The molecule has 23 heavy (non-hydrogen) atoms. The second kappa shape index (κ2) is 6.45. The van der Waals surface area contributed by atoms with Crippen LogP contribution in [0.15, 0.2) is 28.7 Å². The van der Waals surface area contributed by atoms with E-state index in [2.05, 4.69) is 33.3 Å². The fourth-order valence-electron chi connectivity index (χ4n) is 2.93. The maximum absolute atomic E-state index is 12.7. The molecule has 3 rings (SSSR count). The van der Waals surface area contributed by atoms with Crippen LogP contribution in [0.2, 0.25) is 0 Å². The predicted octanol–water partition coefficient (Wildman–Crippen LogP) is 2.69. The van der Waals surface area contributed by atoms with E-state index in [0.29, 0.717) is 0 Å². The highest BCUT2D eigenvalue weighted by Gasteiger charge is 2.24. The molecule has 1 saturated heterocycles. The Bertz CT molecular complexity index is 723. The summed E-state index contributed by atoms with van der Waals surface area (Å²) in [7, 11) is 0. The molecule has 0 aliphatic carbocycles. The molecule has 0 radical (unpaired) electrons. The molecule has 1 aromatic heterocycles. The molecule has 2 heterocycles. The third-order valence-electron chi connectivity index (χ3n) is 4.32. The molecule has 1 aliphatic heterocycles. The molecule has 1 fully saturated rings. The molecule has 6 heteroatoms. The zero-order chi connectivity index (χ0) is 16.6. The van der Waals surface area contributed by atoms with E-state index in [4.69, 9.17) is 0 Å². The Balaban J connectivity index is 1.84. The van der Waals surface area contributed by atoms with Crippen molar-refractivity contribution < 1.29 is 4.79 Å². The topological polar surface area (TPSA) is 50.2 Å². The second-order valence-electron chi connectivity index (χ2n) is 6.00. The van der Waals surface area contributed by atoms with Gasteiger partial charge in [0, 0.05) is 31.2 Å². The molecule has 122 valence electrons. The quantitative estimate of drug-likeness (QED) is 0.876. The number of carbonyl (C=O) groups is 1. The summed E-state index contributed by atoms with van der Waals surface area (Å²) in [6.07, 6.45) is 0. The Hall–Kier alpha value is -1.66. The molecule has 2 aromatic rings. The third-order valence-corrected chi connectivity index (χ3v) is 5.47. The molecular formula is C17H21BrN4O. The normalized spacial score (nSPS) is 18.3. The van der Waals surface area contributed by atoms with Gasteiger partial charge in [-0.2, -0.15) is 5.10 Å². The predicted molar refractivity (Wildman–Crippen MR) is 94.1 cm³/mol. The van der Waals surface area contributed by atoms with E-state index in [9.17, 15) is 4.79 Å². The lowest BCUT2D eigenvalue weighted by Gasteiger charge is -2.34. The number of hydrogen-bond donors (Lipinski definition) is 1. The number of carbonyl (C=O) groups excluding carboxylic acids is 1. The molecule has 1 atom stereocenters. The van der Waals surface area contributed by atoms with Crippen LogP contribution in [0.3, 0.4) is 0 Å². The summed E-state index contributed by atoms with van der Waals surface area (Å²) in [6.45, 7) is 8.53. The Morgan fingerprint density at radius 1 is 1.30 bits per heavy atom. The van der Waals surface area contributed by atoms with Crippen LogP contribution in [0.5, 0.6) is 0 Å². The fraction of sp³-hybridized carbons (Fsp3) is 0.412. The molecule has 5 nitrogen and oxygen atoms in total. The highest BCUT2D eigenvalue weighted by Crippen LogP contribution is 2.23. The molecular weight excluding hydrogens is 356 g/mol. The summed E-state index contributed by atoms with van der Waals surface area (Å²) in [5.41, 5.74) is 3.69. The third kappa shape index (κ3) is 3.05. The van der Waals surface area contributed by atoms with E-state index >= 15 is 0 Å². The van der Waals surface area contributed by atoms with Crippen LogP contribution in [0.1, 0.15) is 28.7 Å². The van der Waals surface area contributed by atoms with Crippen LogP contribution >= 0.6 is 15.9 Å². The van der Waals surface area contributed by atoms with Gasteiger partial charge in [0.25, 0.3) is 5.91 Å². The van der Waals surface area contributed by atoms with E-state index in [0.717, 1.165) is 46.7 Å². The molecule has 0 spiro atoms. The van der Waals surface area contributed by atoms with Crippen molar-refractivity contribution >= 4 is 21.8 Å². The van der Waals surface area contributed by atoms with Crippen LogP contribution < -0.4 is 5.32 Å². The van der Waals surface area contributed by atoms with Crippen molar-refractivity contribution in [3.05, 3.63) is 45.7 Å². The first-order chi connectivity index (χ1) is 11.0. The number of piperazine rings is 1. The number of benzene rings is 1. The first-order valence-electron chi connectivity index (χ1n) is 7.83. The molecule has 1 aromatic carbocycles. The minimum absolute atomic E-state index is 0.0973. The number of amides is 1. The van der Waals surface area contributed by atoms with Gasteiger partial charge in [0.1, 0.15) is 0 Å². The summed E-state index contributed by atoms with van der Waals surface area (Å²) in [4.78, 5) is 14.6. The molecule has 1 unspecified atom stereocenters. The minimum atomic E-state index is 0.0973. The SMILES string of the molecule is Cc1nn(-c2ccc(C(=O)N3CCNCC3C)cc2)c(C)c1Br. The highest BCUT2D eigenvalue weighted by atomic mass is 79.9. The number of hydrogen-bond acceptors (Lipinski definition) is 3. The smallest absolute Gasteiger partial charge is 0.254 e. The van der Waals surface area contributed by atoms with Crippen molar-refractivity contribution in [2.24, 2.45) is 0 Å². The van der Waals surface area contributed by atoms with Gasteiger partial charge < -0.3 is 10.2 Å². The summed E-state index contributed by atoms with van der Waals surface area (Å²) >= 11 is 3.54. The lowest BCUT2D eigenvalue weighted by Crippen LogP contribution is -2.52. The van der Waals surface area contributed by atoms with E-state index in [1.807, 2.05) is 47.7 Å². The van der Waals surface area contributed by atoms with Gasteiger partial charge in [-0.15, -0.1) is 0 Å². The minimum Gasteiger partial charge on any atom is -0.333 e. The lowest BCUT2D eigenvalue weighted by molar-refractivity contribution is 0.0656. The van der Waals surface area contributed by atoms with Crippen molar-refractivity contribution in [1.29, 1.82) is 0 Å². The van der Waals surface area contributed by atoms with Gasteiger partial charge >= 0.3 is 0 Å². The zero-order valence-corrected chi connectivity index (χ0v) is 15.2. The van der Waals surface area contributed by atoms with Gasteiger partial charge in [0.15, 0.2) is 0 Å². The number of nitrogens with one attached hydrogen (secondary N) is 1. The summed E-state index contributed by atoms with van der Waals surface area (Å²) < 4.78 is 2.91. The number of rotatable bonds is 2. The average Bonchev–Trinajstić information content (AvgIpc) is 2.82. The van der Waals surface area contributed by atoms with Gasteiger partial charge in [0.2, 0.25) is 0 Å². The molecule has 1 amide bonds. The summed E-state index contributed by atoms with van der Waals surface area (Å²) in [5.74, 6) is 0.0973. The van der Waals surface area contributed by atoms with E-state index in [1.165, 1.54) is 0 Å². The monoisotopic (exact) mass is 376 g/mol. The Labute approximate surface area is 144 Å². The Morgan fingerprint density at radius 3 is 2.57 bits per heavy atom. The number of halogens is 1. The Morgan fingerprint density at radius 2 is 2.00 bits per heavy atom. The van der Waals surface area contributed by atoms with Crippen molar-refractivity contribution in [3.63, 3.8) is 0 Å². The molecule has 1 N–H and O–H groups in total. The van der Waals surface area contributed by atoms with Crippen LogP contribution in [-0.4, -0.2) is 46.3 Å². The zero-order valence-electron chi connectivity index (χ0n) is 13.6. The molecule has 0 saturated carbocycles. The maximum Gasteiger partial charge on any atom is 0.254 e. The van der Waals surface area contributed by atoms with Gasteiger partial charge in [-0.25, -0.2) is 4.68 Å². The Kier molecular flexibility index (Phi) is 4.55. The van der Waals surface area contributed by atoms with Gasteiger partial charge in [-0.3, -0.25) is 4.79 Å². The maximum atomic E-state index is 12.7. The van der Waals surface area contributed by atoms with Gasteiger partial charge in [-0.05, 0) is 61.0 Å². The van der Waals surface area contributed by atoms with Gasteiger partial charge in [0.05, 0.1) is 21.5 Å². The highest BCUT2D eigenvalue weighted by molar-refractivity contribution is 9.10. The van der Waals surface area contributed by atoms with Crippen molar-refractivity contribution in [1.82, 2.24) is 20.0 Å². The largest absolute Gasteiger partial charge is 0.333 e. The number of nitrogens with zero attached hydrogens (tertiary/aromatic N) is 3.